The number of ketones is 1. The molecule has 0 aromatic heterocycles. The summed E-state index contributed by atoms with van der Waals surface area (Å²) in [4.78, 5) is 21.9. The molecule has 0 aromatic rings. The number of esters is 1. The highest BCUT2D eigenvalue weighted by atomic mass is 79.9. The first-order valence-corrected chi connectivity index (χ1v) is 5.40. The Morgan fingerprint density at radius 1 is 1.46 bits per heavy atom. The van der Waals surface area contributed by atoms with Crippen LogP contribution in [0.15, 0.2) is 0 Å². The van der Waals surface area contributed by atoms with Crippen LogP contribution in [0.5, 0.6) is 0 Å². The summed E-state index contributed by atoms with van der Waals surface area (Å²) in [7, 11) is 1.29. The monoisotopic (exact) mass is 250 g/mol. The lowest BCUT2D eigenvalue weighted by molar-refractivity contribution is -0.143. The summed E-state index contributed by atoms with van der Waals surface area (Å²) in [5.74, 6) is -0.162. The van der Waals surface area contributed by atoms with Gasteiger partial charge in [-0.15, -0.1) is 0 Å². The van der Waals surface area contributed by atoms with Gasteiger partial charge in [0.2, 0.25) is 0 Å². The molecule has 0 rings (SSSR count). The van der Waals surface area contributed by atoms with Crippen molar-refractivity contribution in [1.29, 1.82) is 0 Å². The number of carbonyl (C=O) groups excluding carboxylic acids is 2. The van der Waals surface area contributed by atoms with Crippen LogP contribution in [0, 0.1) is 5.92 Å². The van der Waals surface area contributed by atoms with Crippen molar-refractivity contribution in [1.82, 2.24) is 0 Å². The zero-order valence-corrected chi connectivity index (χ0v) is 9.59. The number of rotatable bonds is 6. The van der Waals surface area contributed by atoms with Crippen molar-refractivity contribution >= 4 is 27.7 Å². The van der Waals surface area contributed by atoms with Crippen molar-refractivity contribution in [2.75, 3.05) is 12.4 Å². The minimum absolute atomic E-state index is 0.0434. The van der Waals surface area contributed by atoms with Gasteiger partial charge in [0.15, 0.2) is 0 Å². The van der Waals surface area contributed by atoms with Crippen molar-refractivity contribution in [2.45, 2.75) is 26.2 Å². The molecule has 0 aliphatic heterocycles. The van der Waals surface area contributed by atoms with Gasteiger partial charge < -0.3 is 4.74 Å². The fourth-order valence-corrected chi connectivity index (χ4v) is 1.62. The maximum atomic E-state index is 11.2. The second-order valence-electron chi connectivity index (χ2n) is 2.92. The van der Waals surface area contributed by atoms with E-state index in [4.69, 9.17) is 0 Å². The molecular formula is C9H15BrO3. The van der Waals surface area contributed by atoms with Gasteiger partial charge in [-0.2, -0.15) is 0 Å². The van der Waals surface area contributed by atoms with Gasteiger partial charge in [-0.3, -0.25) is 9.59 Å². The predicted octanol–water partition coefficient (Wildman–Crippen LogP) is 1.93. The zero-order valence-electron chi connectivity index (χ0n) is 8.01. The van der Waals surface area contributed by atoms with E-state index < -0.39 is 5.97 Å². The van der Waals surface area contributed by atoms with E-state index in [1.165, 1.54) is 7.11 Å². The summed E-state index contributed by atoms with van der Waals surface area (Å²) in [6, 6.07) is 0. The van der Waals surface area contributed by atoms with E-state index in [1.807, 2.05) is 6.92 Å². The highest BCUT2D eigenvalue weighted by Crippen LogP contribution is 2.12. The van der Waals surface area contributed by atoms with Crippen molar-refractivity contribution in [3.63, 3.8) is 0 Å². The molecule has 0 spiro atoms. The van der Waals surface area contributed by atoms with E-state index in [0.717, 1.165) is 11.8 Å². The summed E-state index contributed by atoms with van der Waals surface area (Å²) in [6.45, 7) is 2.03. The van der Waals surface area contributed by atoms with Crippen molar-refractivity contribution in [3.8, 4) is 0 Å². The molecule has 1 unspecified atom stereocenters. The zero-order chi connectivity index (χ0) is 10.3. The first kappa shape index (κ1) is 12.6. The summed E-state index contributed by atoms with van der Waals surface area (Å²) >= 11 is 3.32. The molecule has 13 heavy (non-hydrogen) atoms. The Kier molecular flexibility index (Phi) is 6.86. The third kappa shape index (κ3) is 5.80. The number of methoxy groups -OCH3 is 1. The quantitative estimate of drug-likeness (QED) is 0.411. The fourth-order valence-electron chi connectivity index (χ4n) is 0.935. The number of hydrogen-bond donors (Lipinski definition) is 0. The molecule has 4 heteroatoms. The second-order valence-corrected chi connectivity index (χ2v) is 3.57. The molecule has 0 aliphatic rings. The number of halogens is 1. The Balaban J connectivity index is 3.79. The van der Waals surface area contributed by atoms with Crippen LogP contribution in [0.2, 0.25) is 0 Å². The van der Waals surface area contributed by atoms with Crippen LogP contribution in [-0.2, 0) is 14.3 Å². The predicted molar refractivity (Wildman–Crippen MR) is 53.8 cm³/mol. The van der Waals surface area contributed by atoms with Gasteiger partial charge in [0.05, 0.1) is 7.11 Å². The molecule has 0 aromatic carbocycles. The van der Waals surface area contributed by atoms with Gasteiger partial charge in [0.25, 0.3) is 0 Å². The summed E-state index contributed by atoms with van der Waals surface area (Å²) in [5, 5.41) is 0.802. The molecule has 0 heterocycles. The molecule has 1 atom stereocenters. The summed E-state index contributed by atoms with van der Waals surface area (Å²) in [6.07, 6.45) is 1.30. The van der Waals surface area contributed by atoms with E-state index in [2.05, 4.69) is 20.7 Å². The molecule has 0 radical (unpaired) electrons. The largest absolute Gasteiger partial charge is 0.469 e. The topological polar surface area (TPSA) is 43.4 Å². The lowest BCUT2D eigenvalue weighted by Gasteiger charge is -2.08. The van der Waals surface area contributed by atoms with Crippen LogP contribution < -0.4 is 0 Å². The molecule has 76 valence electrons. The lowest BCUT2D eigenvalue weighted by atomic mass is 10.0. The van der Waals surface area contributed by atoms with E-state index >= 15 is 0 Å². The van der Waals surface area contributed by atoms with Gasteiger partial charge >= 0.3 is 5.97 Å². The third-order valence-electron chi connectivity index (χ3n) is 1.88. The van der Waals surface area contributed by atoms with Gasteiger partial charge in [-0.25, -0.2) is 0 Å². The molecule has 0 fully saturated rings. The number of hydrogen-bond acceptors (Lipinski definition) is 3. The minimum Gasteiger partial charge on any atom is -0.469 e. The normalized spacial score (nSPS) is 12.2. The second kappa shape index (κ2) is 7.06. The lowest BCUT2D eigenvalue weighted by Crippen LogP contribution is -2.14. The minimum atomic E-state index is -0.450. The average molecular weight is 251 g/mol. The van der Waals surface area contributed by atoms with E-state index in [0.29, 0.717) is 12.3 Å². The van der Waals surface area contributed by atoms with E-state index in [9.17, 15) is 9.59 Å². The number of Topliss-reactive ketones (excluding diaryl/α,β-unsaturated/α-hetero) is 1. The van der Waals surface area contributed by atoms with Gasteiger partial charge in [0.1, 0.15) is 12.2 Å². The van der Waals surface area contributed by atoms with Crippen molar-refractivity contribution in [3.05, 3.63) is 0 Å². The van der Waals surface area contributed by atoms with Crippen molar-refractivity contribution in [2.24, 2.45) is 5.92 Å². The number of ether oxygens (including phenoxy) is 1. The first-order valence-electron chi connectivity index (χ1n) is 4.28. The van der Waals surface area contributed by atoms with E-state index in [-0.39, 0.29) is 12.2 Å². The molecule has 0 amide bonds. The van der Waals surface area contributed by atoms with Crippen LogP contribution in [0.4, 0.5) is 0 Å². The van der Waals surface area contributed by atoms with Gasteiger partial charge in [-0.05, 0) is 5.92 Å². The molecule has 0 aliphatic carbocycles. The maximum Gasteiger partial charge on any atom is 0.313 e. The fraction of sp³-hybridized carbons (Fsp3) is 0.778. The Morgan fingerprint density at radius 3 is 2.46 bits per heavy atom. The molecule has 0 saturated carbocycles. The molecule has 0 bridgehead atoms. The Labute approximate surface area is 87.0 Å². The molecule has 0 N–H and O–H groups in total. The summed E-state index contributed by atoms with van der Waals surface area (Å²) in [5.41, 5.74) is 0. The van der Waals surface area contributed by atoms with E-state index in [1.54, 1.807) is 0 Å². The van der Waals surface area contributed by atoms with Crippen LogP contribution in [0.3, 0.4) is 0 Å². The Bertz CT molecular complexity index is 176. The van der Waals surface area contributed by atoms with Crippen molar-refractivity contribution < 1.29 is 14.3 Å². The summed E-state index contributed by atoms with van der Waals surface area (Å²) < 4.78 is 4.40. The number of carbonyl (C=O) groups is 2. The SMILES string of the molecule is CCC(CBr)CC(=O)CC(=O)OC. The molecule has 3 nitrogen and oxygen atoms in total. The maximum absolute atomic E-state index is 11.2. The highest BCUT2D eigenvalue weighted by molar-refractivity contribution is 9.09. The van der Waals surface area contributed by atoms with Gasteiger partial charge in [0, 0.05) is 11.8 Å². The third-order valence-corrected chi connectivity index (χ3v) is 2.80. The smallest absolute Gasteiger partial charge is 0.313 e. The molecule has 0 saturated heterocycles. The van der Waals surface area contributed by atoms with Crippen LogP contribution >= 0.6 is 15.9 Å². The Morgan fingerprint density at radius 2 is 2.08 bits per heavy atom. The average Bonchev–Trinajstić information content (AvgIpc) is 2.13. The highest BCUT2D eigenvalue weighted by Gasteiger charge is 2.14. The van der Waals surface area contributed by atoms with Crippen LogP contribution in [0.25, 0.3) is 0 Å². The molecular weight excluding hydrogens is 236 g/mol. The standard InChI is InChI=1S/C9H15BrO3/c1-3-7(6-10)4-8(11)5-9(12)13-2/h7H,3-6H2,1-2H3. The first-order chi connectivity index (χ1) is 6.13. The Hall–Kier alpha value is -0.380. The van der Waals surface area contributed by atoms with Crippen LogP contribution in [-0.4, -0.2) is 24.2 Å². The number of alkyl halides is 1. The van der Waals surface area contributed by atoms with Crippen LogP contribution in [0.1, 0.15) is 26.2 Å². The van der Waals surface area contributed by atoms with Gasteiger partial charge in [-0.1, -0.05) is 29.3 Å².